The second-order valence-electron chi connectivity index (χ2n) is 4.93. The lowest BCUT2D eigenvalue weighted by Crippen LogP contribution is -2.23. The quantitative estimate of drug-likeness (QED) is 0.148. The third-order valence-corrected chi connectivity index (χ3v) is 4.53. The Morgan fingerprint density at radius 2 is 1.29 bits per heavy atom. The molecule has 0 heterocycles. The Labute approximate surface area is 140 Å². The first-order chi connectivity index (χ1) is 11.4. The van der Waals surface area contributed by atoms with E-state index in [4.69, 9.17) is 13.9 Å². The molecule has 0 aliphatic heterocycles. The Hall–Kier alpha value is -1.03. The Balaban J connectivity index is 2.41. The van der Waals surface area contributed by atoms with Crippen molar-refractivity contribution in [3.63, 3.8) is 0 Å². The van der Waals surface area contributed by atoms with E-state index in [2.05, 4.69) is 0 Å². The minimum Gasteiger partial charge on any atom is -0.379 e. The fraction of sp³-hybridized carbons (Fsp3) is 0.600. The molecule has 1 rings (SSSR count). The molecule has 1 aromatic carbocycles. The normalized spacial score (nSPS) is 12.0. The number of hydrogen-bond donors (Lipinski definition) is 0. The Morgan fingerprint density at radius 1 is 0.792 bits per heavy atom. The summed E-state index contributed by atoms with van der Waals surface area (Å²) in [5.41, 5.74) is -0.768. The van der Waals surface area contributed by atoms with Crippen LogP contribution in [-0.2, 0) is 20.3 Å². The largest absolute Gasteiger partial charge is 0.379 e. The molecule has 3 nitrogen and oxygen atoms in total. The maximum absolute atomic E-state index is 13.5. The van der Waals surface area contributed by atoms with Crippen LogP contribution >= 0.6 is 0 Å². The lowest BCUT2D eigenvalue weighted by atomic mass is 10.1. The van der Waals surface area contributed by atoms with Crippen LogP contribution in [0.1, 0.15) is 32.3 Å². The van der Waals surface area contributed by atoms with Gasteiger partial charge < -0.3 is 13.9 Å². The first-order valence-electron chi connectivity index (χ1n) is 7.79. The van der Waals surface area contributed by atoms with Crippen molar-refractivity contribution in [2.75, 3.05) is 13.2 Å². The van der Waals surface area contributed by atoms with Crippen molar-refractivity contribution in [1.29, 1.82) is 0 Å². The molecule has 0 saturated carbocycles. The SMILES string of the molecule is CCOC(OCC)O[SiH2]CCCCc1c(F)c(F)c(F)c(F)c1F. The molecule has 0 aliphatic rings. The minimum absolute atomic E-state index is 0.222. The van der Waals surface area contributed by atoms with E-state index in [9.17, 15) is 22.0 Å². The Morgan fingerprint density at radius 3 is 1.79 bits per heavy atom. The summed E-state index contributed by atoms with van der Waals surface area (Å²) in [7, 11) is -0.964. The standard InChI is InChI=1S/C15H21F5O3Si/c1-3-21-15(22-4-2)23-24-8-6-5-7-9-10(16)12(18)14(20)13(19)11(9)17/h15H,3-8,24H2,1-2H3. The molecule has 0 aliphatic carbocycles. The lowest BCUT2D eigenvalue weighted by Gasteiger charge is -2.17. The average Bonchev–Trinajstić information content (AvgIpc) is 2.57. The summed E-state index contributed by atoms with van der Waals surface area (Å²) in [6.45, 7) is 3.79. The predicted molar refractivity (Wildman–Crippen MR) is 80.6 cm³/mol. The molecule has 0 radical (unpaired) electrons. The molecule has 0 atom stereocenters. The molecule has 0 bridgehead atoms. The van der Waals surface area contributed by atoms with Gasteiger partial charge in [-0.1, -0.05) is 6.42 Å². The van der Waals surface area contributed by atoms with Gasteiger partial charge >= 0.3 is 0 Å². The van der Waals surface area contributed by atoms with Gasteiger partial charge in [-0.05, 0) is 32.7 Å². The van der Waals surface area contributed by atoms with Gasteiger partial charge in [0.25, 0.3) is 6.48 Å². The highest BCUT2D eigenvalue weighted by atomic mass is 28.2. The van der Waals surface area contributed by atoms with Crippen LogP contribution in [0.4, 0.5) is 22.0 Å². The van der Waals surface area contributed by atoms with Crippen LogP contribution in [0.25, 0.3) is 0 Å². The van der Waals surface area contributed by atoms with E-state index in [1.54, 1.807) is 13.8 Å². The van der Waals surface area contributed by atoms with Crippen molar-refractivity contribution >= 4 is 9.76 Å². The van der Waals surface area contributed by atoms with Crippen LogP contribution < -0.4 is 0 Å². The zero-order valence-electron chi connectivity index (χ0n) is 13.6. The summed E-state index contributed by atoms with van der Waals surface area (Å²) in [6, 6.07) is 0.673. The summed E-state index contributed by atoms with van der Waals surface area (Å²) in [5.74, 6) is -9.46. The van der Waals surface area contributed by atoms with Crippen LogP contribution in [0.2, 0.25) is 6.04 Å². The van der Waals surface area contributed by atoms with Gasteiger partial charge in [-0.3, -0.25) is 0 Å². The summed E-state index contributed by atoms with van der Waals surface area (Å²) in [6.07, 6.45) is 0.625. The van der Waals surface area contributed by atoms with Crippen molar-refractivity contribution in [2.45, 2.75) is 45.6 Å². The maximum Gasteiger partial charge on any atom is 0.261 e. The monoisotopic (exact) mass is 372 g/mol. The van der Waals surface area contributed by atoms with Crippen LogP contribution in [-0.4, -0.2) is 29.5 Å². The maximum atomic E-state index is 13.5. The van der Waals surface area contributed by atoms with E-state index in [0.717, 1.165) is 0 Å². The van der Waals surface area contributed by atoms with E-state index in [1.807, 2.05) is 0 Å². The van der Waals surface area contributed by atoms with Crippen molar-refractivity contribution in [1.82, 2.24) is 0 Å². The number of ether oxygens (including phenoxy) is 2. The molecule has 0 amide bonds. The highest BCUT2D eigenvalue weighted by Crippen LogP contribution is 2.24. The van der Waals surface area contributed by atoms with Gasteiger partial charge in [0.1, 0.15) is 0 Å². The number of hydrogen-bond acceptors (Lipinski definition) is 3. The van der Waals surface area contributed by atoms with Gasteiger partial charge in [-0.25, -0.2) is 22.0 Å². The molecular formula is C15H21F5O3Si. The second-order valence-corrected chi connectivity index (χ2v) is 6.38. The molecule has 24 heavy (non-hydrogen) atoms. The first kappa shape index (κ1) is 21.0. The van der Waals surface area contributed by atoms with E-state index in [1.165, 1.54) is 0 Å². The molecule has 0 spiro atoms. The number of unbranched alkanes of at least 4 members (excludes halogenated alkanes) is 1. The third-order valence-electron chi connectivity index (χ3n) is 3.23. The molecule has 9 heteroatoms. The zero-order chi connectivity index (χ0) is 18.1. The molecule has 0 fully saturated rings. The molecule has 0 unspecified atom stereocenters. The smallest absolute Gasteiger partial charge is 0.261 e. The number of halogens is 5. The van der Waals surface area contributed by atoms with Gasteiger partial charge in [0.2, 0.25) is 5.82 Å². The van der Waals surface area contributed by atoms with Gasteiger partial charge in [-0.15, -0.1) is 0 Å². The molecule has 1 aromatic rings. The molecule has 0 aromatic heterocycles. The molecule has 0 saturated heterocycles. The van der Waals surface area contributed by atoms with Crippen LogP contribution in [0, 0.1) is 29.1 Å². The molecule has 138 valence electrons. The van der Waals surface area contributed by atoms with Crippen LogP contribution in [0.5, 0.6) is 0 Å². The minimum atomic E-state index is -2.13. The van der Waals surface area contributed by atoms with Gasteiger partial charge in [-0.2, -0.15) is 0 Å². The molecular weight excluding hydrogens is 351 g/mol. The number of benzene rings is 1. The summed E-state index contributed by atoms with van der Waals surface area (Å²) >= 11 is 0. The van der Waals surface area contributed by atoms with E-state index < -0.39 is 50.9 Å². The highest BCUT2D eigenvalue weighted by Gasteiger charge is 2.25. The highest BCUT2D eigenvalue weighted by molar-refractivity contribution is 6.27. The summed E-state index contributed by atoms with van der Waals surface area (Å²) in [5, 5.41) is 0. The first-order valence-corrected chi connectivity index (χ1v) is 9.36. The van der Waals surface area contributed by atoms with Gasteiger partial charge in [0.05, 0.1) is 0 Å². The van der Waals surface area contributed by atoms with Gasteiger partial charge in [0.15, 0.2) is 33.0 Å². The lowest BCUT2D eigenvalue weighted by molar-refractivity contribution is -0.243. The molecule has 0 N–H and O–H groups in total. The van der Waals surface area contributed by atoms with Crippen LogP contribution in [0.3, 0.4) is 0 Å². The Kier molecular flexibility index (Phi) is 9.41. The van der Waals surface area contributed by atoms with E-state index >= 15 is 0 Å². The summed E-state index contributed by atoms with van der Waals surface area (Å²) < 4.78 is 81.9. The number of rotatable bonds is 11. The third kappa shape index (κ3) is 5.80. The summed E-state index contributed by atoms with van der Waals surface area (Å²) in [4.78, 5) is 0. The van der Waals surface area contributed by atoms with Crippen LogP contribution in [0.15, 0.2) is 0 Å². The fourth-order valence-corrected chi connectivity index (χ4v) is 3.16. The van der Waals surface area contributed by atoms with Crippen molar-refractivity contribution in [3.8, 4) is 0 Å². The van der Waals surface area contributed by atoms with Crippen molar-refractivity contribution in [2.24, 2.45) is 0 Å². The predicted octanol–water partition coefficient (Wildman–Crippen LogP) is 3.58. The van der Waals surface area contributed by atoms with Crippen molar-refractivity contribution < 1.29 is 35.9 Å². The van der Waals surface area contributed by atoms with E-state index in [0.29, 0.717) is 32.1 Å². The van der Waals surface area contributed by atoms with E-state index in [-0.39, 0.29) is 6.42 Å². The average molecular weight is 372 g/mol. The van der Waals surface area contributed by atoms with Gasteiger partial charge in [0, 0.05) is 18.8 Å². The second kappa shape index (κ2) is 10.8. The topological polar surface area (TPSA) is 27.7 Å². The van der Waals surface area contributed by atoms with Crippen molar-refractivity contribution in [3.05, 3.63) is 34.6 Å². The fourth-order valence-electron chi connectivity index (χ4n) is 2.05. The zero-order valence-corrected chi connectivity index (χ0v) is 15.1. The Bertz CT molecular complexity index is 495.